The van der Waals surface area contributed by atoms with Crippen LogP contribution < -0.4 is 5.32 Å². The number of rotatable bonds is 57. The van der Waals surface area contributed by atoms with Crippen molar-refractivity contribution < 1.29 is 49.3 Å². The van der Waals surface area contributed by atoms with Crippen molar-refractivity contribution in [3.05, 3.63) is 72.9 Å². The fourth-order valence-electron chi connectivity index (χ4n) is 10.3. The van der Waals surface area contributed by atoms with E-state index >= 15 is 0 Å². The second kappa shape index (κ2) is 57.5. The summed E-state index contributed by atoms with van der Waals surface area (Å²) in [5.74, 6) is -1.20. The van der Waals surface area contributed by atoms with Crippen LogP contribution in [0.3, 0.4) is 0 Å². The highest BCUT2D eigenvalue weighted by molar-refractivity contribution is 5.80. The number of esters is 1. The van der Waals surface area contributed by atoms with E-state index in [1.165, 1.54) is 154 Å². The number of aliphatic hydroxyl groups excluding tert-OH is 5. The molecule has 0 aliphatic carbocycles. The van der Waals surface area contributed by atoms with Gasteiger partial charge < -0.3 is 45.1 Å². The molecule has 0 aromatic heterocycles. The van der Waals surface area contributed by atoms with Crippen LogP contribution in [0.4, 0.5) is 0 Å². The van der Waals surface area contributed by atoms with Gasteiger partial charge in [0.05, 0.1) is 25.4 Å². The average molecular weight is 1140 g/mol. The van der Waals surface area contributed by atoms with Crippen LogP contribution in [0.1, 0.15) is 297 Å². The molecule has 1 fully saturated rings. The molecule has 0 spiro atoms. The molecule has 0 radical (unpaired) electrons. The third-order valence-electron chi connectivity index (χ3n) is 15.6. The number of amides is 1. The summed E-state index contributed by atoms with van der Waals surface area (Å²) in [6.07, 6.45) is 63.8. The van der Waals surface area contributed by atoms with Crippen molar-refractivity contribution in [1.29, 1.82) is 0 Å². The maximum absolute atomic E-state index is 13.5. The lowest BCUT2D eigenvalue weighted by molar-refractivity contribution is -0.305. The first kappa shape index (κ1) is 76.1. The van der Waals surface area contributed by atoms with Gasteiger partial charge in [0.2, 0.25) is 5.91 Å². The molecule has 1 saturated heterocycles. The molecule has 1 amide bonds. The van der Waals surface area contributed by atoms with Gasteiger partial charge in [0.1, 0.15) is 24.4 Å². The van der Waals surface area contributed by atoms with Gasteiger partial charge in [-0.1, -0.05) is 273 Å². The van der Waals surface area contributed by atoms with E-state index in [2.05, 4.69) is 86.8 Å². The maximum Gasteiger partial charge on any atom is 0.306 e. The van der Waals surface area contributed by atoms with Gasteiger partial charge in [0, 0.05) is 6.42 Å². The predicted molar refractivity (Wildman–Crippen MR) is 338 cm³/mol. The molecule has 81 heavy (non-hydrogen) atoms. The summed E-state index contributed by atoms with van der Waals surface area (Å²) in [6.45, 7) is 5.67. The molecule has 0 saturated carbocycles. The standard InChI is InChI=1S/C70H125NO10/c1-4-7-10-13-16-19-22-25-27-28-29-30-31-32-33-34-35-36-37-38-39-42-45-48-51-54-57-63(74)69(78)71-61(62(73)56-53-50-47-44-41-24-21-18-15-12-9-6-3)60-79-70-68(67(77)66(76)64(59-72)80-70)81-65(75)58-55-52-49-46-43-40-26-23-20-17-14-11-8-5-2/h8,11,16-17,19-20,25,27,29-30,53,56,61-64,66-68,70,72-74,76-77H,4-7,9-10,12-15,18,21-24,26,28,31-52,54-55,57-60H2,1-3H3,(H,71,78)/b11-8+,19-16-,20-17+,27-25-,30-29-,56-53+. The van der Waals surface area contributed by atoms with Gasteiger partial charge in [0.15, 0.2) is 12.4 Å². The Morgan fingerprint density at radius 2 is 0.889 bits per heavy atom. The van der Waals surface area contributed by atoms with Gasteiger partial charge in [-0.15, -0.1) is 0 Å². The number of unbranched alkanes of at least 4 members (excludes halogenated alkanes) is 33. The van der Waals surface area contributed by atoms with E-state index < -0.39 is 67.4 Å². The zero-order valence-corrected chi connectivity index (χ0v) is 52.1. The van der Waals surface area contributed by atoms with Crippen LogP contribution in [0.2, 0.25) is 0 Å². The third kappa shape index (κ3) is 45.2. The Balaban J connectivity index is 2.57. The van der Waals surface area contributed by atoms with Gasteiger partial charge in [-0.05, 0) is 89.9 Å². The van der Waals surface area contributed by atoms with Gasteiger partial charge in [0.25, 0.3) is 0 Å². The molecular weight excluding hydrogens is 1010 g/mol. The number of nitrogens with one attached hydrogen (secondary N) is 1. The van der Waals surface area contributed by atoms with Gasteiger partial charge in [-0.2, -0.15) is 0 Å². The monoisotopic (exact) mass is 1140 g/mol. The fraction of sp³-hybridized carbons (Fsp3) is 0.800. The summed E-state index contributed by atoms with van der Waals surface area (Å²) in [7, 11) is 0. The molecule has 6 N–H and O–H groups in total. The molecule has 8 unspecified atom stereocenters. The number of hydrogen-bond acceptors (Lipinski definition) is 10. The number of carbonyl (C=O) groups excluding carboxylic acids is 2. The lowest BCUT2D eigenvalue weighted by Crippen LogP contribution is -2.61. The van der Waals surface area contributed by atoms with Crippen LogP contribution in [-0.4, -0.2) is 99.6 Å². The summed E-state index contributed by atoms with van der Waals surface area (Å²) >= 11 is 0. The molecule has 1 rings (SSSR count). The van der Waals surface area contributed by atoms with Gasteiger partial charge >= 0.3 is 5.97 Å². The zero-order valence-electron chi connectivity index (χ0n) is 52.1. The smallest absolute Gasteiger partial charge is 0.306 e. The first-order valence-corrected chi connectivity index (χ1v) is 33.7. The molecular formula is C70H125NO10. The minimum Gasteiger partial charge on any atom is -0.454 e. The second-order valence-electron chi connectivity index (χ2n) is 23.2. The summed E-state index contributed by atoms with van der Waals surface area (Å²) in [4.78, 5) is 26.6. The summed E-state index contributed by atoms with van der Waals surface area (Å²) in [5, 5.41) is 57.1. The Labute approximate surface area is 496 Å². The third-order valence-corrected chi connectivity index (χ3v) is 15.6. The average Bonchev–Trinajstić information content (AvgIpc) is 3.53. The Morgan fingerprint density at radius 1 is 0.494 bits per heavy atom. The van der Waals surface area contributed by atoms with Crippen molar-refractivity contribution in [1.82, 2.24) is 5.32 Å². The summed E-state index contributed by atoms with van der Waals surface area (Å²) in [5.41, 5.74) is 0. The summed E-state index contributed by atoms with van der Waals surface area (Å²) in [6, 6.07) is -1.03. The Morgan fingerprint density at radius 3 is 1.36 bits per heavy atom. The largest absolute Gasteiger partial charge is 0.454 e. The molecule has 11 nitrogen and oxygen atoms in total. The normalized spacial score (nSPS) is 19.1. The Bertz CT molecular complexity index is 1590. The number of allylic oxidation sites excluding steroid dienone is 11. The van der Waals surface area contributed by atoms with E-state index in [9.17, 15) is 35.1 Å². The predicted octanol–water partition coefficient (Wildman–Crippen LogP) is 16.7. The first-order chi connectivity index (χ1) is 39.7. The first-order valence-electron chi connectivity index (χ1n) is 33.7. The lowest BCUT2D eigenvalue weighted by atomic mass is 9.99. The molecule has 0 aromatic rings. The van der Waals surface area contributed by atoms with Gasteiger partial charge in [-0.3, -0.25) is 9.59 Å². The van der Waals surface area contributed by atoms with Crippen LogP contribution in [0, 0.1) is 0 Å². The molecule has 0 aromatic carbocycles. The lowest BCUT2D eigenvalue weighted by Gasteiger charge is -2.41. The van der Waals surface area contributed by atoms with Crippen molar-refractivity contribution in [3.8, 4) is 0 Å². The maximum atomic E-state index is 13.5. The molecule has 11 heteroatoms. The van der Waals surface area contributed by atoms with E-state index in [0.29, 0.717) is 12.8 Å². The minimum atomic E-state index is -1.62. The minimum absolute atomic E-state index is 0.113. The van der Waals surface area contributed by atoms with Crippen LogP contribution >= 0.6 is 0 Å². The quantitative estimate of drug-likeness (QED) is 0.0195. The Hall–Kier alpha value is -2.90. The van der Waals surface area contributed by atoms with E-state index in [0.717, 1.165) is 96.3 Å². The number of aliphatic hydroxyl groups is 5. The van der Waals surface area contributed by atoms with Crippen LogP contribution in [0.15, 0.2) is 72.9 Å². The van der Waals surface area contributed by atoms with E-state index in [1.807, 2.05) is 6.08 Å². The SMILES string of the molecule is CC/C=C/C/C=C/CCCCCCCCCC(=O)OC1C(OCC(NC(=O)C(O)CCCCCCCCCCCCCCC/C=C\C/C=C\C/C=C\CCCCC)C(O)/C=C/CCCCCCCCCCCC)OC(CO)C(O)C1O. The molecule has 1 aliphatic rings. The summed E-state index contributed by atoms with van der Waals surface area (Å²) < 4.78 is 17.6. The van der Waals surface area contributed by atoms with E-state index in [4.69, 9.17) is 14.2 Å². The van der Waals surface area contributed by atoms with Crippen LogP contribution in [-0.2, 0) is 23.8 Å². The van der Waals surface area contributed by atoms with Crippen molar-refractivity contribution in [2.24, 2.45) is 0 Å². The van der Waals surface area contributed by atoms with Crippen molar-refractivity contribution >= 4 is 11.9 Å². The van der Waals surface area contributed by atoms with Crippen molar-refractivity contribution in [2.75, 3.05) is 13.2 Å². The van der Waals surface area contributed by atoms with Crippen molar-refractivity contribution in [2.45, 2.75) is 346 Å². The molecule has 470 valence electrons. The van der Waals surface area contributed by atoms with Crippen LogP contribution in [0.25, 0.3) is 0 Å². The highest BCUT2D eigenvalue weighted by atomic mass is 16.7. The number of ether oxygens (including phenoxy) is 3. The fourth-order valence-corrected chi connectivity index (χ4v) is 10.3. The van der Waals surface area contributed by atoms with Crippen LogP contribution in [0.5, 0.6) is 0 Å². The van der Waals surface area contributed by atoms with E-state index in [1.54, 1.807) is 6.08 Å². The second-order valence-corrected chi connectivity index (χ2v) is 23.2. The van der Waals surface area contributed by atoms with Gasteiger partial charge in [-0.25, -0.2) is 0 Å². The molecule has 8 atom stereocenters. The number of hydrogen-bond donors (Lipinski definition) is 6. The Kier molecular flexibility index (Phi) is 54.1. The van der Waals surface area contributed by atoms with E-state index in [-0.39, 0.29) is 19.4 Å². The number of carbonyl (C=O) groups is 2. The van der Waals surface area contributed by atoms with Crippen molar-refractivity contribution in [3.63, 3.8) is 0 Å². The highest BCUT2D eigenvalue weighted by Gasteiger charge is 2.47. The molecule has 0 bridgehead atoms. The highest BCUT2D eigenvalue weighted by Crippen LogP contribution is 2.26. The molecule has 1 heterocycles. The topological polar surface area (TPSA) is 175 Å². The molecule has 1 aliphatic heterocycles. The zero-order chi connectivity index (χ0) is 58.9.